The number of amides is 1. The highest BCUT2D eigenvalue weighted by Gasteiger charge is 2.29. The molecule has 7 nitrogen and oxygen atoms in total. The third-order valence-corrected chi connectivity index (χ3v) is 6.41. The number of halogens is 1. The van der Waals surface area contributed by atoms with Gasteiger partial charge in [0.2, 0.25) is 0 Å². The summed E-state index contributed by atoms with van der Waals surface area (Å²) in [5, 5.41) is 15.4. The number of Topliss-reactive ketones (excluding diaryl/α,β-unsaturated/α-hetero) is 1. The van der Waals surface area contributed by atoms with E-state index >= 15 is 0 Å². The molecule has 4 N–H and O–H groups in total. The van der Waals surface area contributed by atoms with E-state index in [0.717, 1.165) is 23.4 Å². The topological polar surface area (TPSA) is 111 Å². The number of aryl methyl sites for hydroxylation is 1. The summed E-state index contributed by atoms with van der Waals surface area (Å²) in [5.41, 5.74) is 6.19. The minimum absolute atomic E-state index is 0.0103. The van der Waals surface area contributed by atoms with Gasteiger partial charge in [-0.3, -0.25) is 14.4 Å². The number of carboxylic acids is 1. The summed E-state index contributed by atoms with van der Waals surface area (Å²) in [6.45, 7) is 0.490. The van der Waals surface area contributed by atoms with Crippen molar-refractivity contribution in [3.8, 4) is 0 Å². The van der Waals surface area contributed by atoms with Crippen molar-refractivity contribution >= 4 is 40.7 Å². The molecule has 1 aliphatic carbocycles. The number of H-pyrrole nitrogens is 1. The van der Waals surface area contributed by atoms with E-state index in [4.69, 9.17) is 0 Å². The van der Waals surface area contributed by atoms with E-state index in [1.165, 1.54) is 12.1 Å². The Kier molecular flexibility index (Phi) is 5.94. The maximum Gasteiger partial charge on any atom is 0.303 e. The lowest BCUT2D eigenvalue weighted by Gasteiger charge is -2.11. The number of carbonyl (C=O) groups excluding carboxylic acids is 2. The van der Waals surface area contributed by atoms with Crippen molar-refractivity contribution in [2.75, 3.05) is 10.6 Å². The number of nitrogens with one attached hydrogen (secondary N) is 3. The van der Waals surface area contributed by atoms with Crippen LogP contribution in [0.25, 0.3) is 11.6 Å². The summed E-state index contributed by atoms with van der Waals surface area (Å²) in [4.78, 5) is 40.0. The van der Waals surface area contributed by atoms with E-state index in [9.17, 15) is 23.9 Å². The molecule has 178 valence electrons. The normalized spacial score (nSPS) is 15.6. The highest BCUT2D eigenvalue weighted by molar-refractivity contribution is 6.35. The Morgan fingerprint density at radius 3 is 2.69 bits per heavy atom. The highest BCUT2D eigenvalue weighted by atomic mass is 19.1. The molecule has 0 spiro atoms. The number of carbonyl (C=O) groups is 3. The summed E-state index contributed by atoms with van der Waals surface area (Å²) in [6.07, 6.45) is 3.71. The zero-order valence-corrected chi connectivity index (χ0v) is 18.9. The first kappa shape index (κ1) is 22.6. The van der Waals surface area contributed by atoms with Crippen LogP contribution in [-0.2, 0) is 29.0 Å². The first-order chi connectivity index (χ1) is 16.9. The quantitative estimate of drug-likeness (QED) is 0.369. The molecule has 0 unspecified atom stereocenters. The number of hydrogen-bond donors (Lipinski definition) is 4. The number of ketones is 1. The fourth-order valence-corrected chi connectivity index (χ4v) is 4.70. The summed E-state index contributed by atoms with van der Waals surface area (Å²) in [5.74, 6) is -1.49. The second kappa shape index (κ2) is 9.21. The summed E-state index contributed by atoms with van der Waals surface area (Å²) < 4.78 is 13.2. The molecule has 8 heteroatoms. The first-order valence-electron chi connectivity index (χ1n) is 11.5. The van der Waals surface area contributed by atoms with Crippen molar-refractivity contribution in [1.29, 1.82) is 0 Å². The average Bonchev–Trinajstić information content (AvgIpc) is 3.35. The second-order valence-electron chi connectivity index (χ2n) is 8.79. The fourth-order valence-electron chi connectivity index (χ4n) is 4.70. The standard InChI is InChI=1S/C27H24FN3O4/c28-16-6-4-15(5-7-16)14-29-17-8-10-21-19(12-17)20(27(35)31-21)13-23-18(9-11-25(33)34)26-22(30-23)2-1-3-24(26)32/h4-8,10,12-13,29-30H,1-3,9,11,14H2,(H,31,35)(H,33,34)/b20-13-. The zero-order chi connectivity index (χ0) is 24.5. The van der Waals surface area contributed by atoms with Crippen LogP contribution in [0.15, 0.2) is 42.5 Å². The maximum atomic E-state index is 13.2. The number of rotatable bonds is 7. The SMILES string of the molecule is O=C(O)CCc1c(/C=C2\C(=O)Nc3ccc(NCc4ccc(F)cc4)cc32)[nH]c2c1C(=O)CCC2. The van der Waals surface area contributed by atoms with E-state index < -0.39 is 5.97 Å². The van der Waals surface area contributed by atoms with Crippen molar-refractivity contribution in [1.82, 2.24) is 4.98 Å². The molecular formula is C27H24FN3O4. The van der Waals surface area contributed by atoms with Gasteiger partial charge in [0.15, 0.2) is 5.78 Å². The summed E-state index contributed by atoms with van der Waals surface area (Å²) in [7, 11) is 0. The van der Waals surface area contributed by atoms with E-state index in [0.29, 0.717) is 53.0 Å². The molecule has 5 rings (SSSR count). The number of benzene rings is 2. The van der Waals surface area contributed by atoms with Gasteiger partial charge in [0.05, 0.1) is 5.57 Å². The fraction of sp³-hybridized carbons (Fsp3) is 0.222. The van der Waals surface area contributed by atoms with Gasteiger partial charge in [-0.15, -0.1) is 0 Å². The number of aromatic nitrogens is 1. The molecule has 0 bridgehead atoms. The monoisotopic (exact) mass is 473 g/mol. The summed E-state index contributed by atoms with van der Waals surface area (Å²) >= 11 is 0. The van der Waals surface area contributed by atoms with E-state index in [2.05, 4.69) is 15.6 Å². The number of aromatic amines is 1. The predicted molar refractivity (Wildman–Crippen MR) is 131 cm³/mol. The van der Waals surface area contributed by atoms with Crippen LogP contribution in [0.2, 0.25) is 0 Å². The van der Waals surface area contributed by atoms with Crippen LogP contribution in [0, 0.1) is 5.82 Å². The van der Waals surface area contributed by atoms with Crippen LogP contribution in [0.4, 0.5) is 15.8 Å². The average molecular weight is 474 g/mol. The molecule has 2 aromatic carbocycles. The van der Waals surface area contributed by atoms with Gasteiger partial charge in [-0.05, 0) is 66.8 Å². The predicted octanol–water partition coefficient (Wildman–Crippen LogP) is 4.79. The molecule has 3 aromatic rings. The van der Waals surface area contributed by atoms with Crippen molar-refractivity contribution < 1.29 is 23.9 Å². The third-order valence-electron chi connectivity index (χ3n) is 6.41. The van der Waals surface area contributed by atoms with Crippen molar-refractivity contribution in [3.63, 3.8) is 0 Å². The minimum Gasteiger partial charge on any atom is -0.481 e. The van der Waals surface area contributed by atoms with Gasteiger partial charge in [0.25, 0.3) is 5.91 Å². The van der Waals surface area contributed by atoms with Crippen molar-refractivity contribution in [3.05, 3.63) is 81.9 Å². The zero-order valence-electron chi connectivity index (χ0n) is 18.9. The second-order valence-corrected chi connectivity index (χ2v) is 8.79. The van der Waals surface area contributed by atoms with Gasteiger partial charge in [-0.1, -0.05) is 12.1 Å². The molecule has 1 aromatic heterocycles. The lowest BCUT2D eigenvalue weighted by atomic mass is 9.91. The van der Waals surface area contributed by atoms with Gasteiger partial charge < -0.3 is 20.7 Å². The smallest absolute Gasteiger partial charge is 0.303 e. The lowest BCUT2D eigenvalue weighted by Crippen LogP contribution is -2.11. The van der Waals surface area contributed by atoms with E-state index in [-0.39, 0.29) is 30.3 Å². The van der Waals surface area contributed by atoms with Crippen LogP contribution >= 0.6 is 0 Å². The number of aliphatic carboxylic acids is 1. The molecule has 1 aliphatic heterocycles. The Morgan fingerprint density at radius 2 is 1.91 bits per heavy atom. The Morgan fingerprint density at radius 1 is 1.11 bits per heavy atom. The van der Waals surface area contributed by atoms with Crippen molar-refractivity contribution in [2.24, 2.45) is 0 Å². The van der Waals surface area contributed by atoms with Crippen LogP contribution < -0.4 is 10.6 Å². The largest absolute Gasteiger partial charge is 0.481 e. The molecule has 0 radical (unpaired) electrons. The number of hydrogen-bond acceptors (Lipinski definition) is 4. The van der Waals surface area contributed by atoms with Crippen LogP contribution in [-0.4, -0.2) is 27.8 Å². The Bertz CT molecular complexity index is 1370. The maximum absolute atomic E-state index is 13.2. The number of fused-ring (bicyclic) bond motifs is 2. The van der Waals surface area contributed by atoms with Crippen LogP contribution in [0.1, 0.15) is 57.7 Å². The van der Waals surface area contributed by atoms with Crippen LogP contribution in [0.3, 0.4) is 0 Å². The van der Waals surface area contributed by atoms with Gasteiger partial charge in [-0.2, -0.15) is 0 Å². The number of carboxylic acid groups (broad SMARTS) is 1. The Labute approximate surface area is 201 Å². The molecule has 0 fully saturated rings. The highest BCUT2D eigenvalue weighted by Crippen LogP contribution is 2.37. The van der Waals surface area contributed by atoms with Gasteiger partial charge in [-0.25, -0.2) is 4.39 Å². The molecule has 2 aliphatic rings. The van der Waals surface area contributed by atoms with Gasteiger partial charge in [0.1, 0.15) is 5.82 Å². The molecule has 35 heavy (non-hydrogen) atoms. The van der Waals surface area contributed by atoms with Crippen LogP contribution in [0.5, 0.6) is 0 Å². The number of anilines is 2. The third kappa shape index (κ3) is 4.59. The molecule has 1 amide bonds. The minimum atomic E-state index is -0.942. The summed E-state index contributed by atoms with van der Waals surface area (Å²) in [6, 6.07) is 11.8. The van der Waals surface area contributed by atoms with E-state index in [1.54, 1.807) is 18.2 Å². The molecule has 0 atom stereocenters. The first-order valence-corrected chi connectivity index (χ1v) is 11.5. The molecule has 0 saturated heterocycles. The molecule has 2 heterocycles. The molecule has 0 saturated carbocycles. The Hall–Kier alpha value is -4.20. The van der Waals surface area contributed by atoms with E-state index in [1.807, 2.05) is 18.2 Å². The van der Waals surface area contributed by atoms with Crippen molar-refractivity contribution in [2.45, 2.75) is 38.6 Å². The van der Waals surface area contributed by atoms with Gasteiger partial charge >= 0.3 is 5.97 Å². The van der Waals surface area contributed by atoms with Gasteiger partial charge in [0, 0.05) is 53.3 Å². The molecular weight excluding hydrogens is 449 g/mol. The lowest BCUT2D eigenvalue weighted by molar-refractivity contribution is -0.137. The Balaban J connectivity index is 1.48.